The monoisotopic (exact) mass is 291 g/mol. The van der Waals surface area contributed by atoms with Crippen molar-refractivity contribution >= 4 is 16.5 Å². The Morgan fingerprint density at radius 1 is 1.14 bits per heavy atom. The average molecular weight is 291 g/mol. The quantitative estimate of drug-likeness (QED) is 0.841. The Hall–Kier alpha value is -1.68. The molecule has 2 aromatic carbocycles. The van der Waals surface area contributed by atoms with Gasteiger partial charge in [0.25, 0.3) is 6.43 Å². The van der Waals surface area contributed by atoms with Gasteiger partial charge < -0.3 is 9.64 Å². The van der Waals surface area contributed by atoms with Gasteiger partial charge in [0, 0.05) is 24.3 Å². The first kappa shape index (κ1) is 14.3. The first-order chi connectivity index (χ1) is 10.2. The number of alkyl halides is 2. The summed E-state index contributed by atoms with van der Waals surface area (Å²) in [6.45, 7) is 5.16. The van der Waals surface area contributed by atoms with Crippen LogP contribution in [0, 0.1) is 0 Å². The maximum atomic E-state index is 13.1. The van der Waals surface area contributed by atoms with Crippen LogP contribution in [0.5, 0.6) is 0 Å². The minimum absolute atomic E-state index is 0.157. The molecule has 21 heavy (non-hydrogen) atoms. The fourth-order valence-corrected chi connectivity index (χ4v) is 3.02. The predicted molar refractivity (Wildman–Crippen MR) is 81.3 cm³/mol. The molecule has 0 amide bonds. The Bertz CT molecular complexity index is 636. The van der Waals surface area contributed by atoms with Gasteiger partial charge in [0.05, 0.1) is 13.2 Å². The van der Waals surface area contributed by atoms with Crippen LogP contribution < -0.4 is 4.90 Å². The molecule has 0 saturated carbocycles. The van der Waals surface area contributed by atoms with Gasteiger partial charge in [0.2, 0.25) is 0 Å². The lowest BCUT2D eigenvalue weighted by molar-refractivity contribution is 0.122. The zero-order chi connectivity index (χ0) is 14.8. The van der Waals surface area contributed by atoms with E-state index in [1.165, 1.54) is 0 Å². The summed E-state index contributed by atoms with van der Waals surface area (Å²) in [6, 6.07) is 9.47. The molecule has 2 nitrogen and oxygen atoms in total. The fraction of sp³-hybridized carbons (Fsp3) is 0.412. The molecule has 0 aromatic heterocycles. The molecule has 0 radical (unpaired) electrons. The molecular weight excluding hydrogens is 272 g/mol. The average Bonchev–Trinajstić information content (AvgIpc) is 2.53. The number of ether oxygens (including phenoxy) is 1. The van der Waals surface area contributed by atoms with Crippen molar-refractivity contribution in [2.24, 2.45) is 0 Å². The van der Waals surface area contributed by atoms with Crippen LogP contribution in [0.1, 0.15) is 24.5 Å². The highest BCUT2D eigenvalue weighted by molar-refractivity contribution is 5.89. The number of rotatable bonds is 3. The molecular formula is C17H19F2NO. The highest BCUT2D eigenvalue weighted by atomic mass is 19.3. The third-order valence-electron chi connectivity index (χ3n) is 4.12. The minimum Gasteiger partial charge on any atom is -0.378 e. The van der Waals surface area contributed by atoms with Crippen LogP contribution in [0.3, 0.4) is 0 Å². The molecule has 0 aliphatic carbocycles. The molecule has 0 atom stereocenters. The molecule has 1 fully saturated rings. The van der Waals surface area contributed by atoms with Crippen molar-refractivity contribution in [3.8, 4) is 0 Å². The maximum absolute atomic E-state index is 13.1. The number of fused-ring (bicyclic) bond motifs is 1. The molecule has 112 valence electrons. The number of hydrogen-bond acceptors (Lipinski definition) is 2. The van der Waals surface area contributed by atoms with Gasteiger partial charge >= 0.3 is 0 Å². The summed E-state index contributed by atoms with van der Waals surface area (Å²) in [5.74, 6) is 0. The summed E-state index contributed by atoms with van der Waals surface area (Å²) in [5, 5.41) is 1.97. The normalized spacial score (nSPS) is 15.9. The van der Waals surface area contributed by atoms with Gasteiger partial charge in [0.1, 0.15) is 0 Å². The number of halogens is 2. The smallest absolute Gasteiger partial charge is 0.264 e. The summed E-state index contributed by atoms with van der Waals surface area (Å²) in [7, 11) is 0. The number of nitrogens with zero attached hydrogens (tertiary/aromatic N) is 1. The van der Waals surface area contributed by atoms with Crippen molar-refractivity contribution in [1.82, 2.24) is 0 Å². The summed E-state index contributed by atoms with van der Waals surface area (Å²) in [5.41, 5.74) is 2.05. The lowest BCUT2D eigenvalue weighted by Gasteiger charge is -2.29. The van der Waals surface area contributed by atoms with E-state index >= 15 is 0 Å². The second-order valence-corrected chi connectivity index (χ2v) is 5.29. The first-order valence-electron chi connectivity index (χ1n) is 7.37. The standard InChI is InChI=1S/C17H19F2NO/c1-2-14-15-6-4-13(20-7-9-21-10-8-20)11-12(15)3-5-16(14)17(18)19/h3-6,11,17H,2,7-10H2,1H3. The van der Waals surface area contributed by atoms with E-state index in [0.29, 0.717) is 6.42 Å². The van der Waals surface area contributed by atoms with Crippen LogP contribution in [-0.2, 0) is 11.2 Å². The Labute approximate surface area is 123 Å². The lowest BCUT2D eigenvalue weighted by atomic mass is 9.96. The summed E-state index contributed by atoms with van der Waals surface area (Å²) < 4.78 is 31.5. The zero-order valence-electron chi connectivity index (χ0n) is 12.1. The van der Waals surface area contributed by atoms with E-state index in [1.54, 1.807) is 12.1 Å². The molecule has 2 aromatic rings. The molecule has 0 unspecified atom stereocenters. The SMILES string of the molecule is CCc1c(C(F)F)ccc2cc(N3CCOCC3)ccc12. The lowest BCUT2D eigenvalue weighted by Crippen LogP contribution is -2.36. The van der Waals surface area contributed by atoms with Crippen molar-refractivity contribution in [3.63, 3.8) is 0 Å². The van der Waals surface area contributed by atoms with Crippen molar-refractivity contribution in [1.29, 1.82) is 0 Å². The maximum Gasteiger partial charge on any atom is 0.264 e. The van der Waals surface area contributed by atoms with Crippen LogP contribution in [0.25, 0.3) is 10.8 Å². The summed E-state index contributed by atoms with van der Waals surface area (Å²) in [6.07, 6.45) is -1.79. The number of hydrogen-bond donors (Lipinski definition) is 0. The minimum atomic E-state index is -2.41. The second kappa shape index (κ2) is 5.98. The molecule has 1 saturated heterocycles. The van der Waals surface area contributed by atoms with E-state index in [4.69, 9.17) is 4.74 Å². The van der Waals surface area contributed by atoms with E-state index in [2.05, 4.69) is 11.0 Å². The van der Waals surface area contributed by atoms with Crippen LogP contribution in [0.4, 0.5) is 14.5 Å². The zero-order valence-corrected chi connectivity index (χ0v) is 12.1. The second-order valence-electron chi connectivity index (χ2n) is 5.29. The van der Waals surface area contributed by atoms with Gasteiger partial charge in [-0.15, -0.1) is 0 Å². The number of morpholine rings is 1. The van der Waals surface area contributed by atoms with E-state index in [9.17, 15) is 8.78 Å². The topological polar surface area (TPSA) is 12.5 Å². The summed E-state index contributed by atoms with van der Waals surface area (Å²) in [4.78, 5) is 2.27. The largest absolute Gasteiger partial charge is 0.378 e. The first-order valence-corrected chi connectivity index (χ1v) is 7.37. The highest BCUT2D eigenvalue weighted by Crippen LogP contribution is 2.32. The van der Waals surface area contributed by atoms with Gasteiger partial charge in [-0.1, -0.05) is 25.1 Å². The van der Waals surface area contributed by atoms with Crippen molar-refractivity contribution < 1.29 is 13.5 Å². The Morgan fingerprint density at radius 3 is 2.57 bits per heavy atom. The van der Waals surface area contributed by atoms with Crippen LogP contribution in [0.2, 0.25) is 0 Å². The van der Waals surface area contributed by atoms with Crippen LogP contribution in [-0.4, -0.2) is 26.3 Å². The third-order valence-corrected chi connectivity index (χ3v) is 4.12. The fourth-order valence-electron chi connectivity index (χ4n) is 3.02. The predicted octanol–water partition coefficient (Wildman–Crippen LogP) is 4.18. The molecule has 1 aliphatic rings. The van der Waals surface area contributed by atoms with Gasteiger partial charge in [-0.2, -0.15) is 0 Å². The number of aryl methyl sites for hydroxylation is 1. The van der Waals surface area contributed by atoms with Gasteiger partial charge in [-0.05, 0) is 34.9 Å². The van der Waals surface area contributed by atoms with Crippen molar-refractivity contribution in [2.45, 2.75) is 19.8 Å². The number of anilines is 1. The molecule has 1 aliphatic heterocycles. The van der Waals surface area contributed by atoms with E-state index < -0.39 is 6.43 Å². The molecule has 4 heteroatoms. The molecule has 3 rings (SSSR count). The van der Waals surface area contributed by atoms with Crippen LogP contribution in [0.15, 0.2) is 30.3 Å². The third kappa shape index (κ3) is 2.72. The van der Waals surface area contributed by atoms with Gasteiger partial charge in [-0.3, -0.25) is 0 Å². The van der Waals surface area contributed by atoms with E-state index in [0.717, 1.165) is 48.3 Å². The van der Waals surface area contributed by atoms with Crippen molar-refractivity contribution in [3.05, 3.63) is 41.5 Å². The Balaban J connectivity index is 2.04. The van der Waals surface area contributed by atoms with Gasteiger partial charge in [0.15, 0.2) is 0 Å². The summed E-state index contributed by atoms with van der Waals surface area (Å²) >= 11 is 0. The molecule has 0 N–H and O–H groups in total. The molecule has 0 spiro atoms. The van der Waals surface area contributed by atoms with Crippen LogP contribution >= 0.6 is 0 Å². The van der Waals surface area contributed by atoms with E-state index in [1.807, 2.05) is 19.1 Å². The number of benzene rings is 2. The Kier molecular flexibility index (Phi) is 4.06. The highest BCUT2D eigenvalue weighted by Gasteiger charge is 2.16. The van der Waals surface area contributed by atoms with Crippen molar-refractivity contribution in [2.75, 3.05) is 31.2 Å². The molecule has 0 bridgehead atoms. The van der Waals surface area contributed by atoms with E-state index in [-0.39, 0.29) is 5.56 Å². The van der Waals surface area contributed by atoms with Gasteiger partial charge in [-0.25, -0.2) is 8.78 Å². The Morgan fingerprint density at radius 2 is 1.90 bits per heavy atom. The molecule has 1 heterocycles.